The van der Waals surface area contributed by atoms with E-state index in [1.165, 1.54) is 97.7 Å². The number of rotatable bonds is 5. The average Bonchev–Trinajstić information content (AvgIpc) is 3.71. The maximum Gasteiger partial charge on any atom is 3.00 e. The molecule has 0 saturated heterocycles. The molecule has 0 aromatic heterocycles. The van der Waals surface area contributed by atoms with Crippen LogP contribution in [0, 0.1) is 6.07 Å². The van der Waals surface area contributed by atoms with Gasteiger partial charge in [0.25, 0.3) is 0 Å². The number of allylic oxidation sites excluding steroid dienone is 1. The quantitative estimate of drug-likeness (QED) is 0.183. The standard InChI is InChI=1S/C38H31.C2H6Si.2ClH.Zr/c1-2-3-9-27-23-36-30(31-21-20-25-19-18-24-11-6-15-32(31)37(24)25)14-8-17-34(36)38(27)33-16-7-13-29-28-12-5-4-10-26(28)22-35(29)33;1-3-2;;;/h4-8,10-15,17,20-21,23,38H,2-3,9,18-19,22H2,1H3;1-2H3;2*1H;/q-1;;;;+3/p-2. The van der Waals surface area contributed by atoms with Crippen LogP contribution in [0.2, 0.25) is 13.1 Å². The second-order valence-electron chi connectivity index (χ2n) is 11.8. The van der Waals surface area contributed by atoms with E-state index in [4.69, 9.17) is 0 Å². The summed E-state index contributed by atoms with van der Waals surface area (Å²) in [6, 6.07) is 35.8. The van der Waals surface area contributed by atoms with Crippen molar-refractivity contribution in [1.29, 1.82) is 0 Å². The number of fused-ring (bicyclic) bond motifs is 4. The summed E-state index contributed by atoms with van der Waals surface area (Å²) in [5, 5.41) is 2.92. The zero-order chi connectivity index (χ0) is 27.9. The Balaban J connectivity index is 0.000000710. The van der Waals surface area contributed by atoms with Crippen molar-refractivity contribution >= 4 is 26.4 Å². The maximum absolute atomic E-state index is 3.76. The summed E-state index contributed by atoms with van der Waals surface area (Å²) in [5.41, 5.74) is 17.3. The van der Waals surface area contributed by atoms with E-state index in [2.05, 4.69) is 117 Å². The summed E-state index contributed by atoms with van der Waals surface area (Å²) in [5.74, 6) is 0.289. The van der Waals surface area contributed by atoms with Gasteiger partial charge in [0, 0.05) is 15.4 Å². The maximum atomic E-state index is 3.76. The predicted octanol–water partition coefficient (Wildman–Crippen LogP) is 4.49. The molecule has 1 unspecified atom stereocenters. The van der Waals surface area contributed by atoms with Gasteiger partial charge in [-0.1, -0.05) is 111 Å². The van der Waals surface area contributed by atoms with E-state index in [1.54, 1.807) is 5.57 Å². The average molecular weight is 708 g/mol. The van der Waals surface area contributed by atoms with Crippen LogP contribution in [0.1, 0.15) is 71.0 Å². The molecule has 0 fully saturated rings. The number of halogens is 2. The predicted molar refractivity (Wildman–Crippen MR) is 177 cm³/mol. The third-order valence-electron chi connectivity index (χ3n) is 9.24. The van der Waals surface area contributed by atoms with Crippen molar-refractivity contribution in [1.82, 2.24) is 0 Å². The molecule has 0 saturated carbocycles. The summed E-state index contributed by atoms with van der Waals surface area (Å²) in [6.07, 6.45) is 9.48. The molecule has 8 rings (SSSR count). The summed E-state index contributed by atoms with van der Waals surface area (Å²) >= 11 is 0. The van der Waals surface area contributed by atoms with Gasteiger partial charge in [-0.05, 0) is 87.4 Å². The number of hydrogen-bond acceptors (Lipinski definition) is 0. The molecule has 5 aromatic carbocycles. The minimum absolute atomic E-state index is 0. The monoisotopic (exact) mass is 705 g/mol. The third-order valence-corrected chi connectivity index (χ3v) is 9.24. The summed E-state index contributed by atoms with van der Waals surface area (Å²) in [4.78, 5) is 0. The fourth-order valence-corrected chi connectivity index (χ4v) is 7.49. The van der Waals surface area contributed by atoms with Crippen molar-refractivity contribution in [2.75, 3.05) is 0 Å². The summed E-state index contributed by atoms with van der Waals surface area (Å²) < 4.78 is 0. The molecule has 4 heteroatoms. The van der Waals surface area contributed by atoms with Gasteiger partial charge in [-0.2, -0.15) is 18.2 Å². The molecule has 1 atom stereocenters. The normalized spacial score (nSPS) is 14.6. The van der Waals surface area contributed by atoms with Crippen LogP contribution in [0.3, 0.4) is 0 Å². The topological polar surface area (TPSA) is 0 Å². The molecule has 0 spiro atoms. The van der Waals surface area contributed by atoms with E-state index < -0.39 is 0 Å². The van der Waals surface area contributed by atoms with E-state index >= 15 is 0 Å². The van der Waals surface area contributed by atoms with Crippen LogP contribution in [-0.4, -0.2) is 9.52 Å². The molecule has 3 radical (unpaired) electrons. The summed E-state index contributed by atoms with van der Waals surface area (Å²) in [7, 11) is 1.08. The Kier molecular flexibility index (Phi) is 11.7. The van der Waals surface area contributed by atoms with E-state index in [-0.39, 0.29) is 56.9 Å². The fourth-order valence-electron chi connectivity index (χ4n) is 7.49. The van der Waals surface area contributed by atoms with Crippen molar-refractivity contribution < 1.29 is 51.0 Å². The zero-order valence-corrected chi connectivity index (χ0v) is 30.7. The molecule has 44 heavy (non-hydrogen) atoms. The van der Waals surface area contributed by atoms with Gasteiger partial charge in [0.2, 0.25) is 0 Å². The van der Waals surface area contributed by atoms with E-state index in [9.17, 15) is 0 Å². The van der Waals surface area contributed by atoms with E-state index in [0.717, 1.165) is 22.4 Å². The molecule has 5 aromatic rings. The molecule has 0 heterocycles. The molecule has 0 bridgehead atoms. The fraction of sp³-hybridized carbons (Fsp3) is 0.250. The Bertz CT molecular complexity index is 1810. The van der Waals surface area contributed by atoms with Crippen LogP contribution in [0.15, 0.2) is 90.5 Å². The molecule has 219 valence electrons. The SMILES string of the molecule is CCCCC1=Cc2c(-c3ccc4c5c(cccc35)CC4)cccc2C1c1[c-]ccc2c1Cc1ccccc1-2.C[Si]C.[Cl-].[Cl-].[Zr+3]. The first kappa shape index (κ1) is 34.6. The second-order valence-corrected chi connectivity index (χ2v) is 12.8. The Morgan fingerprint density at radius 2 is 1.45 bits per heavy atom. The van der Waals surface area contributed by atoms with Crippen molar-refractivity contribution in [3.05, 3.63) is 136 Å². The Hall–Kier alpha value is -2.22. The number of unbranched alkanes of at least 4 members (excludes halogenated alkanes) is 1. The third kappa shape index (κ3) is 5.89. The molecule has 0 aliphatic heterocycles. The first-order valence-corrected chi connectivity index (χ1v) is 17.3. The largest absolute Gasteiger partial charge is 3.00 e. The van der Waals surface area contributed by atoms with Gasteiger partial charge in [-0.3, -0.25) is 0 Å². The van der Waals surface area contributed by atoms with E-state index in [1.807, 2.05) is 0 Å². The number of aryl methyl sites for hydroxylation is 2. The van der Waals surface area contributed by atoms with Crippen LogP contribution in [0.4, 0.5) is 0 Å². The molecular weight excluding hydrogens is 671 g/mol. The first-order valence-electron chi connectivity index (χ1n) is 15.3. The molecule has 3 aliphatic rings. The smallest absolute Gasteiger partial charge is 1.00 e. The van der Waals surface area contributed by atoms with Crippen LogP contribution in [0.5, 0.6) is 0 Å². The van der Waals surface area contributed by atoms with Gasteiger partial charge in [-0.15, -0.1) is 16.7 Å². The van der Waals surface area contributed by atoms with Gasteiger partial charge in [0.15, 0.2) is 0 Å². The van der Waals surface area contributed by atoms with Crippen molar-refractivity contribution in [2.24, 2.45) is 0 Å². The van der Waals surface area contributed by atoms with Gasteiger partial charge in [0.05, 0.1) is 0 Å². The van der Waals surface area contributed by atoms with Crippen LogP contribution >= 0.6 is 0 Å². The van der Waals surface area contributed by atoms with Crippen LogP contribution < -0.4 is 24.8 Å². The van der Waals surface area contributed by atoms with Crippen molar-refractivity contribution in [2.45, 2.75) is 64.5 Å². The van der Waals surface area contributed by atoms with Gasteiger partial charge >= 0.3 is 26.2 Å². The Morgan fingerprint density at radius 3 is 2.25 bits per heavy atom. The van der Waals surface area contributed by atoms with Gasteiger partial charge in [0.1, 0.15) is 0 Å². The molecular formula is C40H37Cl2SiZr. The van der Waals surface area contributed by atoms with Crippen LogP contribution in [0.25, 0.3) is 39.1 Å². The minimum atomic E-state index is 0. The minimum Gasteiger partial charge on any atom is -1.00 e. The van der Waals surface area contributed by atoms with Crippen molar-refractivity contribution in [3.63, 3.8) is 0 Å². The molecule has 0 N–H and O–H groups in total. The van der Waals surface area contributed by atoms with Gasteiger partial charge < -0.3 is 24.8 Å². The number of benzene rings is 5. The zero-order valence-electron chi connectivity index (χ0n) is 25.7. The van der Waals surface area contributed by atoms with E-state index in [0.29, 0.717) is 0 Å². The Labute approximate surface area is 297 Å². The molecule has 0 amide bonds. The molecule has 0 nitrogen and oxygen atoms in total. The summed E-state index contributed by atoms with van der Waals surface area (Å²) in [6.45, 7) is 6.61. The van der Waals surface area contributed by atoms with Crippen LogP contribution in [-0.2, 0) is 45.5 Å². The molecule has 3 aliphatic carbocycles. The van der Waals surface area contributed by atoms with Crippen molar-refractivity contribution in [3.8, 4) is 22.3 Å². The second kappa shape index (κ2) is 14.9. The Morgan fingerprint density at radius 1 is 0.750 bits per heavy atom. The first-order chi connectivity index (χ1) is 20.2. The number of hydrogen-bond donors (Lipinski definition) is 0. The van der Waals surface area contributed by atoms with Gasteiger partial charge in [-0.25, -0.2) is 0 Å².